The van der Waals surface area contributed by atoms with E-state index in [0.717, 1.165) is 5.75 Å². The van der Waals surface area contributed by atoms with Gasteiger partial charge in [0.25, 0.3) is 0 Å². The summed E-state index contributed by atoms with van der Waals surface area (Å²) < 4.78 is 7.10. The predicted molar refractivity (Wildman–Crippen MR) is 73.8 cm³/mol. The molecular weight excluding hydrogens is 258 g/mol. The molecule has 2 rings (SSSR count). The monoisotopic (exact) mass is 275 g/mol. The van der Waals surface area contributed by atoms with E-state index in [4.69, 9.17) is 9.84 Å². The normalized spacial score (nSPS) is 10.4. The second-order valence-electron chi connectivity index (χ2n) is 4.27. The first-order valence-electron chi connectivity index (χ1n) is 6.31. The van der Waals surface area contributed by atoms with Crippen molar-refractivity contribution in [2.75, 3.05) is 13.2 Å². The summed E-state index contributed by atoms with van der Waals surface area (Å²) in [4.78, 5) is 11.0. The summed E-state index contributed by atoms with van der Waals surface area (Å²) in [5.41, 5.74) is 0.876. The second-order valence-corrected chi connectivity index (χ2v) is 4.27. The molecule has 0 saturated heterocycles. The van der Waals surface area contributed by atoms with E-state index in [9.17, 15) is 4.79 Å². The van der Waals surface area contributed by atoms with Crippen LogP contribution >= 0.6 is 0 Å². The number of aryl methyl sites for hydroxylation is 1. The van der Waals surface area contributed by atoms with Crippen molar-refractivity contribution in [2.24, 2.45) is 7.05 Å². The molecule has 2 N–H and O–H groups in total. The van der Waals surface area contributed by atoms with E-state index < -0.39 is 5.97 Å². The minimum Gasteiger partial charge on any atom is -0.492 e. The van der Waals surface area contributed by atoms with Gasteiger partial charge in [-0.2, -0.15) is 5.10 Å². The summed E-state index contributed by atoms with van der Waals surface area (Å²) in [5.74, 6) is -0.142. The molecule has 1 aromatic carbocycles. The fourth-order valence-electron chi connectivity index (χ4n) is 1.82. The Balaban J connectivity index is 1.76. The average molecular weight is 275 g/mol. The molecule has 0 atom stereocenters. The minimum atomic E-state index is -0.963. The van der Waals surface area contributed by atoms with Gasteiger partial charge < -0.3 is 15.2 Å². The molecule has 6 nitrogen and oxygen atoms in total. The van der Waals surface area contributed by atoms with Crippen LogP contribution in [0, 0.1) is 0 Å². The van der Waals surface area contributed by atoms with Crippen LogP contribution in [0.2, 0.25) is 0 Å². The number of ether oxygens (including phenoxy) is 1. The maximum Gasteiger partial charge on any atom is 0.339 e. The Morgan fingerprint density at radius 3 is 2.85 bits per heavy atom. The zero-order valence-electron chi connectivity index (χ0n) is 11.2. The molecule has 0 saturated carbocycles. The molecule has 0 unspecified atom stereocenters. The number of aromatic carboxylic acids is 1. The molecule has 0 aliphatic carbocycles. The van der Waals surface area contributed by atoms with Gasteiger partial charge in [-0.05, 0) is 12.1 Å². The molecule has 2 aromatic rings. The third kappa shape index (κ3) is 3.58. The van der Waals surface area contributed by atoms with Gasteiger partial charge in [-0.15, -0.1) is 0 Å². The van der Waals surface area contributed by atoms with Crippen molar-refractivity contribution in [3.8, 4) is 5.75 Å². The van der Waals surface area contributed by atoms with Gasteiger partial charge in [0.2, 0.25) is 0 Å². The molecule has 0 amide bonds. The highest BCUT2D eigenvalue weighted by Gasteiger charge is 2.14. The van der Waals surface area contributed by atoms with E-state index in [1.807, 2.05) is 30.3 Å². The largest absolute Gasteiger partial charge is 0.492 e. The second kappa shape index (κ2) is 6.72. The van der Waals surface area contributed by atoms with Gasteiger partial charge in [0, 0.05) is 20.1 Å². The topological polar surface area (TPSA) is 76.4 Å². The Hall–Kier alpha value is -2.34. The molecule has 0 bridgehead atoms. The van der Waals surface area contributed by atoms with Crippen LogP contribution in [0.25, 0.3) is 0 Å². The number of para-hydroxylation sites is 1. The molecule has 0 radical (unpaired) electrons. The fourth-order valence-corrected chi connectivity index (χ4v) is 1.82. The molecule has 0 aliphatic heterocycles. The molecule has 20 heavy (non-hydrogen) atoms. The van der Waals surface area contributed by atoms with Crippen LogP contribution in [-0.4, -0.2) is 34.0 Å². The Kier molecular flexibility index (Phi) is 4.73. The maximum atomic E-state index is 11.0. The highest BCUT2D eigenvalue weighted by Crippen LogP contribution is 2.08. The summed E-state index contributed by atoms with van der Waals surface area (Å²) >= 11 is 0. The van der Waals surface area contributed by atoms with Crippen molar-refractivity contribution in [1.29, 1.82) is 0 Å². The summed E-state index contributed by atoms with van der Waals surface area (Å²) in [6, 6.07) is 9.54. The van der Waals surface area contributed by atoms with Crippen LogP contribution in [0.1, 0.15) is 16.1 Å². The zero-order chi connectivity index (χ0) is 14.4. The van der Waals surface area contributed by atoms with Crippen LogP contribution < -0.4 is 10.1 Å². The number of aromatic nitrogens is 2. The Bertz CT molecular complexity index is 566. The van der Waals surface area contributed by atoms with Crippen LogP contribution in [-0.2, 0) is 13.6 Å². The summed E-state index contributed by atoms with van der Waals surface area (Å²) in [5, 5.41) is 16.1. The van der Waals surface area contributed by atoms with Crippen molar-refractivity contribution in [2.45, 2.75) is 6.54 Å². The van der Waals surface area contributed by atoms with Crippen LogP contribution in [0.4, 0.5) is 0 Å². The lowest BCUT2D eigenvalue weighted by atomic mass is 10.2. The van der Waals surface area contributed by atoms with E-state index in [2.05, 4.69) is 10.4 Å². The Labute approximate surface area is 117 Å². The van der Waals surface area contributed by atoms with Crippen LogP contribution in [0.5, 0.6) is 5.75 Å². The molecule has 106 valence electrons. The third-order valence-electron chi connectivity index (χ3n) is 2.88. The predicted octanol–water partition coefficient (Wildman–Crippen LogP) is 1.29. The smallest absolute Gasteiger partial charge is 0.339 e. The number of carboxylic acids is 1. The van der Waals surface area contributed by atoms with Crippen molar-refractivity contribution >= 4 is 5.97 Å². The highest BCUT2D eigenvalue weighted by molar-refractivity contribution is 5.88. The van der Waals surface area contributed by atoms with Gasteiger partial charge in [0.1, 0.15) is 17.9 Å². The molecule has 1 aromatic heterocycles. The summed E-state index contributed by atoms with van der Waals surface area (Å²) in [6.45, 7) is 1.58. The SMILES string of the molecule is Cn1ncc(C(=O)O)c1CNCCOc1ccccc1. The number of hydrogen-bond acceptors (Lipinski definition) is 4. The van der Waals surface area contributed by atoms with Gasteiger partial charge in [0.15, 0.2) is 0 Å². The third-order valence-corrected chi connectivity index (χ3v) is 2.88. The Morgan fingerprint density at radius 1 is 1.40 bits per heavy atom. The summed E-state index contributed by atoms with van der Waals surface area (Å²) in [6.07, 6.45) is 1.36. The van der Waals surface area contributed by atoms with E-state index in [1.54, 1.807) is 11.7 Å². The quantitative estimate of drug-likeness (QED) is 0.745. The van der Waals surface area contributed by atoms with Gasteiger partial charge in [-0.3, -0.25) is 4.68 Å². The minimum absolute atomic E-state index is 0.226. The molecular formula is C14H17N3O3. The Morgan fingerprint density at radius 2 is 2.15 bits per heavy atom. The first kappa shape index (κ1) is 14.1. The van der Waals surface area contributed by atoms with Gasteiger partial charge >= 0.3 is 5.97 Å². The lowest BCUT2D eigenvalue weighted by molar-refractivity contribution is 0.0695. The summed E-state index contributed by atoms with van der Waals surface area (Å²) in [7, 11) is 1.73. The fraction of sp³-hybridized carbons (Fsp3) is 0.286. The van der Waals surface area contributed by atoms with Crippen molar-refractivity contribution < 1.29 is 14.6 Å². The standard InChI is InChI=1S/C14H17N3O3/c1-17-13(12(9-16-17)14(18)19)10-15-7-8-20-11-5-3-2-4-6-11/h2-6,9,15H,7-8,10H2,1H3,(H,18,19). The number of nitrogens with zero attached hydrogens (tertiary/aromatic N) is 2. The van der Waals surface area contributed by atoms with Crippen molar-refractivity contribution in [1.82, 2.24) is 15.1 Å². The number of benzene rings is 1. The van der Waals surface area contributed by atoms with Crippen molar-refractivity contribution in [3.05, 3.63) is 47.8 Å². The number of nitrogens with one attached hydrogen (secondary N) is 1. The number of carbonyl (C=O) groups is 1. The van der Waals surface area contributed by atoms with Crippen LogP contribution in [0.15, 0.2) is 36.5 Å². The first-order chi connectivity index (χ1) is 9.68. The van der Waals surface area contributed by atoms with Gasteiger partial charge in [-0.25, -0.2) is 4.79 Å². The molecule has 1 heterocycles. The molecule has 6 heteroatoms. The molecule has 0 aliphatic rings. The highest BCUT2D eigenvalue weighted by atomic mass is 16.5. The lowest BCUT2D eigenvalue weighted by Gasteiger charge is -2.08. The van der Waals surface area contributed by atoms with E-state index in [1.165, 1.54) is 6.20 Å². The number of carboxylic acid groups (broad SMARTS) is 1. The average Bonchev–Trinajstić information content (AvgIpc) is 2.81. The van der Waals surface area contributed by atoms with Gasteiger partial charge in [0.05, 0.1) is 11.9 Å². The van der Waals surface area contributed by atoms with E-state index in [-0.39, 0.29) is 5.56 Å². The molecule has 0 spiro atoms. The van der Waals surface area contributed by atoms with E-state index >= 15 is 0 Å². The maximum absolute atomic E-state index is 11.0. The van der Waals surface area contributed by atoms with Crippen molar-refractivity contribution in [3.63, 3.8) is 0 Å². The lowest BCUT2D eigenvalue weighted by Crippen LogP contribution is -2.23. The van der Waals surface area contributed by atoms with Crippen LogP contribution in [0.3, 0.4) is 0 Å². The number of rotatable bonds is 7. The number of hydrogen-bond donors (Lipinski definition) is 2. The molecule has 0 fully saturated rings. The van der Waals surface area contributed by atoms with E-state index in [0.29, 0.717) is 25.4 Å². The zero-order valence-corrected chi connectivity index (χ0v) is 11.2. The first-order valence-corrected chi connectivity index (χ1v) is 6.31. The van der Waals surface area contributed by atoms with Gasteiger partial charge in [-0.1, -0.05) is 18.2 Å².